The fraction of sp³-hybridized carbons (Fsp3) is 0.438. The Labute approximate surface area is 139 Å². The molecule has 1 atom stereocenters. The van der Waals surface area contributed by atoms with Crippen LogP contribution in [-0.4, -0.2) is 35.7 Å². The molecule has 7 heteroatoms. The van der Waals surface area contributed by atoms with Crippen molar-refractivity contribution in [3.8, 4) is 0 Å². The van der Waals surface area contributed by atoms with Crippen molar-refractivity contribution in [2.75, 3.05) is 25.4 Å². The lowest BCUT2D eigenvalue weighted by molar-refractivity contribution is 0.0954. The lowest BCUT2D eigenvalue weighted by atomic mass is 9.90. The number of anilines is 1. The number of hydrogen-bond donors (Lipinski definition) is 3. The molecule has 0 spiro atoms. The molecule has 1 aromatic carbocycles. The van der Waals surface area contributed by atoms with Crippen LogP contribution in [0.3, 0.4) is 0 Å². The summed E-state index contributed by atoms with van der Waals surface area (Å²) >= 11 is 1.35. The quantitative estimate of drug-likeness (QED) is 0.773. The van der Waals surface area contributed by atoms with E-state index in [2.05, 4.69) is 26.9 Å². The maximum Gasteiger partial charge on any atom is 0.251 e. The molecule has 0 aliphatic carbocycles. The van der Waals surface area contributed by atoms with Crippen molar-refractivity contribution in [1.29, 1.82) is 0 Å². The summed E-state index contributed by atoms with van der Waals surface area (Å²) in [4.78, 5) is 12.3. The minimum absolute atomic E-state index is 0.0481. The Morgan fingerprint density at radius 2 is 2.35 bits per heavy atom. The lowest BCUT2D eigenvalue weighted by Crippen LogP contribution is -2.29. The number of carbonyl (C=O) groups excluding carboxylic acids is 1. The molecule has 1 fully saturated rings. The first-order chi connectivity index (χ1) is 11.2. The van der Waals surface area contributed by atoms with E-state index in [1.165, 1.54) is 29.7 Å². The van der Waals surface area contributed by atoms with Gasteiger partial charge in [0.15, 0.2) is 0 Å². The smallest absolute Gasteiger partial charge is 0.251 e. The van der Waals surface area contributed by atoms with Gasteiger partial charge in [0.2, 0.25) is 5.13 Å². The largest absolute Gasteiger partial charge is 0.374 e. The SMILES string of the molecule is Nc1nnc(CCNC(=O)c2cccc([C@@H]3CCCNC3)c2)s1. The van der Waals surface area contributed by atoms with Crippen LogP contribution in [0.15, 0.2) is 24.3 Å². The summed E-state index contributed by atoms with van der Waals surface area (Å²) in [6, 6.07) is 7.94. The molecule has 0 radical (unpaired) electrons. The second-order valence-electron chi connectivity index (χ2n) is 5.71. The van der Waals surface area contributed by atoms with Crippen LogP contribution in [0.5, 0.6) is 0 Å². The summed E-state index contributed by atoms with van der Waals surface area (Å²) in [5.74, 6) is 0.453. The van der Waals surface area contributed by atoms with Gasteiger partial charge in [-0.05, 0) is 43.0 Å². The first-order valence-corrected chi connectivity index (χ1v) is 8.71. The van der Waals surface area contributed by atoms with Crippen LogP contribution in [0.2, 0.25) is 0 Å². The molecule has 1 aliphatic heterocycles. The number of nitrogens with zero attached hydrogens (tertiary/aromatic N) is 2. The van der Waals surface area contributed by atoms with Crippen LogP contribution >= 0.6 is 11.3 Å². The molecule has 2 heterocycles. The van der Waals surface area contributed by atoms with Gasteiger partial charge in [0, 0.05) is 25.1 Å². The van der Waals surface area contributed by atoms with Crippen molar-refractivity contribution in [2.24, 2.45) is 0 Å². The molecule has 0 saturated carbocycles. The average molecular weight is 331 g/mol. The molecule has 0 bridgehead atoms. The minimum Gasteiger partial charge on any atom is -0.374 e. The normalized spacial score (nSPS) is 17.8. The van der Waals surface area contributed by atoms with E-state index >= 15 is 0 Å². The summed E-state index contributed by atoms with van der Waals surface area (Å²) < 4.78 is 0. The minimum atomic E-state index is -0.0481. The first kappa shape index (κ1) is 15.9. The van der Waals surface area contributed by atoms with E-state index in [-0.39, 0.29) is 5.91 Å². The van der Waals surface area contributed by atoms with E-state index in [0.29, 0.717) is 29.6 Å². The zero-order valence-corrected chi connectivity index (χ0v) is 13.7. The van der Waals surface area contributed by atoms with Gasteiger partial charge in [-0.25, -0.2) is 0 Å². The second kappa shape index (κ2) is 7.52. The third-order valence-electron chi connectivity index (χ3n) is 4.02. The van der Waals surface area contributed by atoms with Crippen LogP contribution in [0.25, 0.3) is 0 Å². The Balaban J connectivity index is 1.56. The predicted octanol–water partition coefficient (Wildman–Crippen LogP) is 1.56. The molecule has 0 unspecified atom stereocenters. The van der Waals surface area contributed by atoms with E-state index in [0.717, 1.165) is 18.1 Å². The fourth-order valence-electron chi connectivity index (χ4n) is 2.82. The maximum atomic E-state index is 12.3. The average Bonchev–Trinajstić information content (AvgIpc) is 3.01. The zero-order chi connectivity index (χ0) is 16.1. The van der Waals surface area contributed by atoms with Crippen molar-refractivity contribution < 1.29 is 4.79 Å². The van der Waals surface area contributed by atoms with Crippen LogP contribution in [0, 0.1) is 0 Å². The molecule has 2 aromatic rings. The number of amides is 1. The molecular weight excluding hydrogens is 310 g/mol. The maximum absolute atomic E-state index is 12.3. The monoisotopic (exact) mass is 331 g/mol. The number of piperidine rings is 1. The molecule has 1 aliphatic rings. The third-order valence-corrected chi connectivity index (χ3v) is 4.84. The molecule has 23 heavy (non-hydrogen) atoms. The Kier molecular flexibility index (Phi) is 5.19. The van der Waals surface area contributed by atoms with Gasteiger partial charge < -0.3 is 16.4 Å². The number of carbonyl (C=O) groups is 1. The molecule has 1 saturated heterocycles. The highest BCUT2D eigenvalue weighted by Crippen LogP contribution is 2.23. The van der Waals surface area contributed by atoms with E-state index in [4.69, 9.17) is 5.73 Å². The van der Waals surface area contributed by atoms with Gasteiger partial charge in [0.1, 0.15) is 5.01 Å². The Hall–Kier alpha value is -1.99. The number of aromatic nitrogens is 2. The van der Waals surface area contributed by atoms with Crippen LogP contribution in [0.4, 0.5) is 5.13 Å². The molecule has 3 rings (SSSR count). The summed E-state index contributed by atoms with van der Waals surface area (Å²) in [6.45, 7) is 2.61. The second-order valence-corrected chi connectivity index (χ2v) is 6.80. The van der Waals surface area contributed by atoms with Gasteiger partial charge in [0.05, 0.1) is 0 Å². The van der Waals surface area contributed by atoms with E-state index < -0.39 is 0 Å². The molecule has 4 N–H and O–H groups in total. The summed E-state index contributed by atoms with van der Waals surface area (Å²) in [6.07, 6.45) is 3.01. The van der Waals surface area contributed by atoms with Gasteiger partial charge in [-0.2, -0.15) is 0 Å². The molecule has 6 nitrogen and oxygen atoms in total. The Morgan fingerprint density at radius 3 is 3.09 bits per heavy atom. The van der Waals surface area contributed by atoms with E-state index in [1.54, 1.807) is 0 Å². The first-order valence-electron chi connectivity index (χ1n) is 7.89. The highest BCUT2D eigenvalue weighted by atomic mass is 32.1. The number of nitrogens with two attached hydrogens (primary N) is 1. The summed E-state index contributed by atoms with van der Waals surface area (Å²) in [5.41, 5.74) is 7.49. The van der Waals surface area contributed by atoms with Crippen molar-refractivity contribution in [1.82, 2.24) is 20.8 Å². The predicted molar refractivity (Wildman–Crippen MR) is 91.6 cm³/mol. The Morgan fingerprint density at radius 1 is 1.43 bits per heavy atom. The summed E-state index contributed by atoms with van der Waals surface area (Å²) in [5, 5.41) is 15.4. The van der Waals surface area contributed by atoms with Gasteiger partial charge in [-0.15, -0.1) is 10.2 Å². The highest BCUT2D eigenvalue weighted by molar-refractivity contribution is 7.15. The highest BCUT2D eigenvalue weighted by Gasteiger charge is 2.16. The molecule has 1 amide bonds. The van der Waals surface area contributed by atoms with Crippen molar-refractivity contribution in [3.05, 3.63) is 40.4 Å². The van der Waals surface area contributed by atoms with Gasteiger partial charge in [-0.1, -0.05) is 23.5 Å². The fourth-order valence-corrected chi connectivity index (χ4v) is 3.43. The summed E-state index contributed by atoms with van der Waals surface area (Å²) in [7, 11) is 0. The van der Waals surface area contributed by atoms with Crippen molar-refractivity contribution >= 4 is 22.4 Å². The van der Waals surface area contributed by atoms with E-state index in [1.807, 2.05) is 18.2 Å². The van der Waals surface area contributed by atoms with Crippen LogP contribution in [-0.2, 0) is 6.42 Å². The van der Waals surface area contributed by atoms with Crippen molar-refractivity contribution in [3.63, 3.8) is 0 Å². The number of nitrogens with one attached hydrogen (secondary N) is 2. The van der Waals surface area contributed by atoms with Gasteiger partial charge in [0.25, 0.3) is 5.91 Å². The van der Waals surface area contributed by atoms with Crippen LogP contribution < -0.4 is 16.4 Å². The number of nitrogen functional groups attached to an aromatic ring is 1. The Bertz CT molecular complexity index is 666. The number of benzene rings is 1. The van der Waals surface area contributed by atoms with E-state index in [9.17, 15) is 4.79 Å². The zero-order valence-electron chi connectivity index (χ0n) is 12.9. The topological polar surface area (TPSA) is 92.9 Å². The van der Waals surface area contributed by atoms with Crippen LogP contribution in [0.1, 0.15) is 39.7 Å². The lowest BCUT2D eigenvalue weighted by Gasteiger charge is -2.23. The molecule has 122 valence electrons. The van der Waals surface area contributed by atoms with Gasteiger partial charge >= 0.3 is 0 Å². The molecule has 1 aromatic heterocycles. The van der Waals surface area contributed by atoms with Gasteiger partial charge in [-0.3, -0.25) is 4.79 Å². The molecular formula is C16H21N5OS. The number of hydrogen-bond acceptors (Lipinski definition) is 6. The third kappa shape index (κ3) is 4.27. The van der Waals surface area contributed by atoms with Crippen molar-refractivity contribution in [2.45, 2.75) is 25.2 Å². The standard InChI is InChI=1S/C16H21N5OS/c17-16-21-20-14(23-16)6-8-19-15(22)12-4-1-3-11(9-12)13-5-2-7-18-10-13/h1,3-4,9,13,18H,2,5-8,10H2,(H2,17,21)(H,19,22)/t13-/m1/s1. The number of rotatable bonds is 5.